The average molecular weight is 361 g/mol. The summed E-state index contributed by atoms with van der Waals surface area (Å²) < 4.78 is 6.65. The van der Waals surface area contributed by atoms with Crippen LogP contribution in [-0.2, 0) is 4.74 Å². The minimum atomic E-state index is 0.764. The molecule has 0 bridgehead atoms. The Morgan fingerprint density at radius 2 is 1.73 bits per heavy atom. The number of hydrogen-bond acceptors (Lipinski definition) is 5. The first-order valence-electron chi connectivity index (χ1n) is 8.88. The van der Waals surface area contributed by atoms with Gasteiger partial charge in [-0.15, -0.1) is 0 Å². The van der Waals surface area contributed by atoms with Crippen LogP contribution in [0.1, 0.15) is 5.56 Å². The standard InChI is InChI=1S/C21H19N3OS/c1-14-6-8-15(9-7-14)18-20-19(16-4-2-3-5-17(16)22-18)23-21(26-20)24-10-12-25-13-11-24/h2-9H,10-13H2,1H3. The lowest BCUT2D eigenvalue weighted by molar-refractivity contribution is 0.122. The van der Waals surface area contributed by atoms with Crippen molar-refractivity contribution in [2.45, 2.75) is 6.92 Å². The highest BCUT2D eigenvalue weighted by Crippen LogP contribution is 2.39. The Kier molecular flexibility index (Phi) is 3.84. The smallest absolute Gasteiger partial charge is 0.186 e. The number of aryl methyl sites for hydroxylation is 1. The quantitative estimate of drug-likeness (QED) is 0.521. The number of benzene rings is 2. The largest absolute Gasteiger partial charge is 0.378 e. The molecule has 0 atom stereocenters. The Balaban J connectivity index is 1.76. The van der Waals surface area contributed by atoms with Crippen molar-refractivity contribution in [3.8, 4) is 11.3 Å². The van der Waals surface area contributed by atoms with Gasteiger partial charge in [-0.05, 0) is 13.0 Å². The Morgan fingerprint density at radius 3 is 2.54 bits per heavy atom. The molecule has 3 heterocycles. The molecule has 0 amide bonds. The predicted molar refractivity (Wildman–Crippen MR) is 108 cm³/mol. The number of fused-ring (bicyclic) bond motifs is 3. The Morgan fingerprint density at radius 1 is 0.962 bits per heavy atom. The molecule has 5 heteroatoms. The van der Waals surface area contributed by atoms with Crippen LogP contribution in [0, 0.1) is 6.92 Å². The molecule has 2 aromatic carbocycles. The van der Waals surface area contributed by atoms with Gasteiger partial charge >= 0.3 is 0 Å². The van der Waals surface area contributed by atoms with Crippen molar-refractivity contribution in [1.29, 1.82) is 0 Å². The van der Waals surface area contributed by atoms with Crippen molar-refractivity contribution in [3.63, 3.8) is 0 Å². The first kappa shape index (κ1) is 15.7. The van der Waals surface area contributed by atoms with E-state index in [0.29, 0.717) is 0 Å². The van der Waals surface area contributed by atoms with Crippen molar-refractivity contribution in [3.05, 3.63) is 54.1 Å². The van der Waals surface area contributed by atoms with Crippen LogP contribution < -0.4 is 4.90 Å². The summed E-state index contributed by atoms with van der Waals surface area (Å²) in [4.78, 5) is 12.3. The van der Waals surface area contributed by atoms with Gasteiger partial charge in [0, 0.05) is 24.0 Å². The number of aromatic nitrogens is 2. The van der Waals surface area contributed by atoms with Gasteiger partial charge in [-0.3, -0.25) is 0 Å². The van der Waals surface area contributed by atoms with Crippen LogP contribution in [-0.4, -0.2) is 36.3 Å². The highest BCUT2D eigenvalue weighted by Gasteiger charge is 2.19. The molecule has 5 rings (SSSR count). The first-order valence-corrected chi connectivity index (χ1v) is 9.70. The van der Waals surface area contributed by atoms with Gasteiger partial charge in [0.1, 0.15) is 0 Å². The van der Waals surface area contributed by atoms with Gasteiger partial charge in [0.25, 0.3) is 0 Å². The summed E-state index contributed by atoms with van der Waals surface area (Å²) in [5.41, 5.74) is 5.47. The molecule has 0 N–H and O–H groups in total. The van der Waals surface area contributed by atoms with Crippen molar-refractivity contribution < 1.29 is 4.74 Å². The van der Waals surface area contributed by atoms with E-state index in [0.717, 1.165) is 63.8 Å². The molecule has 1 saturated heterocycles. The lowest BCUT2D eigenvalue weighted by atomic mass is 10.1. The number of nitrogens with zero attached hydrogens (tertiary/aromatic N) is 3. The zero-order valence-corrected chi connectivity index (χ0v) is 15.4. The van der Waals surface area contributed by atoms with Gasteiger partial charge in [0.05, 0.1) is 34.6 Å². The fraction of sp³-hybridized carbons (Fsp3) is 0.238. The van der Waals surface area contributed by atoms with Crippen LogP contribution in [0.15, 0.2) is 48.5 Å². The fourth-order valence-corrected chi connectivity index (χ4v) is 4.54. The maximum Gasteiger partial charge on any atom is 0.186 e. The van der Waals surface area contributed by atoms with Gasteiger partial charge in [0.2, 0.25) is 0 Å². The molecular formula is C21H19N3OS. The molecule has 0 aliphatic carbocycles. The summed E-state index contributed by atoms with van der Waals surface area (Å²) in [6.45, 7) is 5.42. The van der Waals surface area contributed by atoms with Gasteiger partial charge in [-0.1, -0.05) is 59.4 Å². The third-order valence-electron chi connectivity index (χ3n) is 4.83. The third kappa shape index (κ3) is 2.64. The zero-order chi connectivity index (χ0) is 17.5. The molecule has 1 aliphatic heterocycles. The number of pyridine rings is 1. The lowest BCUT2D eigenvalue weighted by Crippen LogP contribution is -2.36. The number of para-hydroxylation sites is 1. The predicted octanol–water partition coefficient (Wildman–Crippen LogP) is 4.66. The topological polar surface area (TPSA) is 38.2 Å². The van der Waals surface area contributed by atoms with Crippen LogP contribution in [0.25, 0.3) is 32.4 Å². The second-order valence-electron chi connectivity index (χ2n) is 6.62. The van der Waals surface area contributed by atoms with Gasteiger partial charge in [0.15, 0.2) is 5.13 Å². The van der Waals surface area contributed by atoms with Crippen LogP contribution in [0.4, 0.5) is 5.13 Å². The highest BCUT2D eigenvalue weighted by molar-refractivity contribution is 7.22. The van der Waals surface area contributed by atoms with E-state index in [2.05, 4.69) is 54.3 Å². The molecule has 4 nitrogen and oxygen atoms in total. The summed E-state index contributed by atoms with van der Waals surface area (Å²) >= 11 is 1.74. The zero-order valence-electron chi connectivity index (χ0n) is 14.6. The van der Waals surface area contributed by atoms with Gasteiger partial charge in [-0.25, -0.2) is 9.97 Å². The number of ether oxygens (including phenoxy) is 1. The van der Waals surface area contributed by atoms with Crippen LogP contribution in [0.5, 0.6) is 0 Å². The van der Waals surface area contributed by atoms with Crippen LogP contribution in [0.2, 0.25) is 0 Å². The molecule has 4 aromatic rings. The van der Waals surface area contributed by atoms with Crippen molar-refractivity contribution in [2.24, 2.45) is 0 Å². The Hall–Kier alpha value is -2.50. The molecule has 1 aliphatic rings. The molecule has 1 fully saturated rings. The van der Waals surface area contributed by atoms with E-state index >= 15 is 0 Å². The van der Waals surface area contributed by atoms with Crippen molar-refractivity contribution in [1.82, 2.24) is 9.97 Å². The van der Waals surface area contributed by atoms with E-state index in [1.165, 1.54) is 5.56 Å². The highest BCUT2D eigenvalue weighted by atomic mass is 32.1. The van der Waals surface area contributed by atoms with E-state index in [4.69, 9.17) is 14.7 Å². The summed E-state index contributed by atoms with van der Waals surface area (Å²) in [5.74, 6) is 0. The normalized spacial score (nSPS) is 15.0. The Labute approximate surface area is 156 Å². The monoisotopic (exact) mass is 361 g/mol. The molecule has 0 unspecified atom stereocenters. The third-order valence-corrected chi connectivity index (χ3v) is 5.95. The maximum absolute atomic E-state index is 5.49. The minimum Gasteiger partial charge on any atom is -0.378 e. The van der Waals surface area contributed by atoms with E-state index in [-0.39, 0.29) is 0 Å². The lowest BCUT2D eigenvalue weighted by Gasteiger charge is -2.25. The van der Waals surface area contributed by atoms with Crippen molar-refractivity contribution >= 4 is 37.6 Å². The molecule has 2 aromatic heterocycles. The summed E-state index contributed by atoms with van der Waals surface area (Å²) in [7, 11) is 0. The second-order valence-corrected chi connectivity index (χ2v) is 7.59. The first-order chi connectivity index (χ1) is 12.8. The van der Waals surface area contributed by atoms with Crippen LogP contribution in [0.3, 0.4) is 0 Å². The molecule has 0 spiro atoms. The number of rotatable bonds is 2. The average Bonchev–Trinajstić information content (AvgIpc) is 3.14. The SMILES string of the molecule is Cc1ccc(-c2nc3ccccc3c3nc(N4CCOCC4)sc23)cc1. The summed E-state index contributed by atoms with van der Waals surface area (Å²) in [6, 6.07) is 16.9. The summed E-state index contributed by atoms with van der Waals surface area (Å²) in [5, 5.41) is 2.18. The number of anilines is 1. The maximum atomic E-state index is 5.49. The molecule has 130 valence electrons. The molecule has 0 radical (unpaired) electrons. The number of hydrogen-bond donors (Lipinski definition) is 0. The van der Waals surface area contributed by atoms with Crippen molar-refractivity contribution in [2.75, 3.05) is 31.2 Å². The van der Waals surface area contributed by atoms with E-state index in [1.54, 1.807) is 11.3 Å². The van der Waals surface area contributed by atoms with Crippen LogP contribution >= 0.6 is 11.3 Å². The molecular weight excluding hydrogens is 342 g/mol. The minimum absolute atomic E-state index is 0.764. The van der Waals surface area contributed by atoms with E-state index < -0.39 is 0 Å². The van der Waals surface area contributed by atoms with E-state index in [1.807, 2.05) is 6.07 Å². The number of thiazole rings is 1. The Bertz CT molecular complexity index is 1080. The second kappa shape index (κ2) is 6.34. The number of morpholine rings is 1. The van der Waals surface area contributed by atoms with Gasteiger partial charge < -0.3 is 9.64 Å². The fourth-order valence-electron chi connectivity index (χ4n) is 3.39. The molecule has 26 heavy (non-hydrogen) atoms. The van der Waals surface area contributed by atoms with Gasteiger partial charge in [-0.2, -0.15) is 0 Å². The molecule has 0 saturated carbocycles. The summed E-state index contributed by atoms with van der Waals surface area (Å²) in [6.07, 6.45) is 0. The van der Waals surface area contributed by atoms with E-state index in [9.17, 15) is 0 Å².